The molecule has 0 amide bonds. The van der Waals surface area contributed by atoms with Crippen molar-refractivity contribution in [3.05, 3.63) is 47.3 Å². The van der Waals surface area contributed by atoms with Crippen molar-refractivity contribution in [3.63, 3.8) is 0 Å². The Morgan fingerprint density at radius 3 is 3.00 bits per heavy atom. The minimum atomic E-state index is -3.62. The van der Waals surface area contributed by atoms with E-state index in [1.54, 1.807) is 12.1 Å². The molecule has 0 aromatic heterocycles. The standard InChI is InChI=1S/C12H11O3P/c13-16(14)12-8-4-2-6-10(12)9-5-1-3-7-11(9)15-16/h1-3,5-7H,4,8H2,(H,13,14). The Balaban J connectivity index is 2.30. The highest BCUT2D eigenvalue weighted by atomic mass is 31.2. The van der Waals surface area contributed by atoms with Gasteiger partial charge in [0.15, 0.2) is 0 Å². The highest BCUT2D eigenvalue weighted by Gasteiger charge is 2.36. The molecular formula is C12H11O3P. The fourth-order valence-electron chi connectivity index (χ4n) is 2.15. The third kappa shape index (κ3) is 1.36. The van der Waals surface area contributed by atoms with Crippen molar-refractivity contribution >= 4 is 13.2 Å². The SMILES string of the molecule is O=P1(O)Oc2ccccc2C2=C1CCC=C2. The summed E-state index contributed by atoms with van der Waals surface area (Å²) in [5, 5.41) is 0.550. The van der Waals surface area contributed by atoms with Crippen LogP contribution in [0.4, 0.5) is 0 Å². The molecule has 1 atom stereocenters. The molecule has 82 valence electrons. The summed E-state index contributed by atoms with van der Waals surface area (Å²) >= 11 is 0. The van der Waals surface area contributed by atoms with Gasteiger partial charge in [0.25, 0.3) is 0 Å². The molecule has 1 aromatic rings. The predicted molar refractivity (Wildman–Crippen MR) is 62.2 cm³/mol. The Hall–Kier alpha value is -1.31. The third-order valence-corrected chi connectivity index (χ3v) is 4.47. The van der Waals surface area contributed by atoms with Gasteiger partial charge in [-0.15, -0.1) is 0 Å². The van der Waals surface area contributed by atoms with Crippen LogP contribution in [0.2, 0.25) is 0 Å². The fourth-order valence-corrected chi connectivity index (χ4v) is 3.60. The van der Waals surface area contributed by atoms with E-state index in [0.717, 1.165) is 17.6 Å². The topological polar surface area (TPSA) is 46.5 Å². The Morgan fingerprint density at radius 2 is 2.12 bits per heavy atom. The molecule has 1 aliphatic carbocycles. The predicted octanol–water partition coefficient (Wildman–Crippen LogP) is 3.33. The molecule has 1 heterocycles. The first kappa shape index (κ1) is 9.88. The van der Waals surface area contributed by atoms with Crippen molar-refractivity contribution in [2.75, 3.05) is 0 Å². The summed E-state index contributed by atoms with van der Waals surface area (Å²) in [6.45, 7) is 0. The molecule has 1 N–H and O–H groups in total. The Kier molecular flexibility index (Phi) is 2.06. The summed E-state index contributed by atoms with van der Waals surface area (Å²) in [5.74, 6) is 0.499. The summed E-state index contributed by atoms with van der Waals surface area (Å²) in [6, 6.07) is 7.35. The molecule has 0 saturated heterocycles. The molecule has 0 bridgehead atoms. The average Bonchev–Trinajstić information content (AvgIpc) is 2.29. The highest BCUT2D eigenvalue weighted by molar-refractivity contribution is 7.58. The molecule has 1 unspecified atom stereocenters. The quantitative estimate of drug-likeness (QED) is 0.700. The van der Waals surface area contributed by atoms with Crippen LogP contribution in [0, 0.1) is 0 Å². The van der Waals surface area contributed by atoms with Crippen LogP contribution in [0.1, 0.15) is 18.4 Å². The summed E-state index contributed by atoms with van der Waals surface area (Å²) in [6.07, 6.45) is 5.35. The lowest BCUT2D eigenvalue weighted by Gasteiger charge is -2.27. The summed E-state index contributed by atoms with van der Waals surface area (Å²) in [5.41, 5.74) is 1.77. The van der Waals surface area contributed by atoms with Gasteiger partial charge in [-0.3, -0.25) is 0 Å². The highest BCUT2D eigenvalue weighted by Crippen LogP contribution is 2.61. The van der Waals surface area contributed by atoms with Crippen molar-refractivity contribution < 1.29 is 14.0 Å². The molecule has 3 rings (SSSR count). The third-order valence-electron chi connectivity index (χ3n) is 2.88. The summed E-state index contributed by atoms with van der Waals surface area (Å²) < 4.78 is 17.2. The van der Waals surface area contributed by atoms with Crippen molar-refractivity contribution in [1.82, 2.24) is 0 Å². The first-order valence-corrected chi connectivity index (χ1v) is 6.78. The van der Waals surface area contributed by atoms with E-state index in [-0.39, 0.29) is 0 Å². The van der Waals surface area contributed by atoms with E-state index in [2.05, 4.69) is 0 Å². The Bertz CT molecular complexity index is 557. The average molecular weight is 234 g/mol. The maximum absolute atomic E-state index is 12.0. The van der Waals surface area contributed by atoms with Gasteiger partial charge < -0.3 is 9.42 Å². The zero-order chi connectivity index (χ0) is 11.2. The van der Waals surface area contributed by atoms with Crippen LogP contribution in [0.5, 0.6) is 5.75 Å². The zero-order valence-electron chi connectivity index (χ0n) is 8.59. The van der Waals surface area contributed by atoms with E-state index in [1.807, 2.05) is 24.3 Å². The Labute approximate surface area is 93.6 Å². The molecule has 1 aromatic carbocycles. The summed E-state index contributed by atoms with van der Waals surface area (Å²) in [4.78, 5) is 9.86. The van der Waals surface area contributed by atoms with Gasteiger partial charge in [0.05, 0.1) is 5.31 Å². The van der Waals surface area contributed by atoms with Crippen LogP contribution in [0.15, 0.2) is 41.7 Å². The van der Waals surface area contributed by atoms with Crippen LogP contribution >= 0.6 is 7.60 Å². The normalized spacial score (nSPS) is 27.1. The lowest BCUT2D eigenvalue weighted by molar-refractivity contribution is 0.384. The smallest absolute Gasteiger partial charge is 0.404 e. The van der Waals surface area contributed by atoms with Crippen LogP contribution in [0.25, 0.3) is 5.57 Å². The van der Waals surface area contributed by atoms with Crippen LogP contribution < -0.4 is 4.52 Å². The van der Waals surface area contributed by atoms with Gasteiger partial charge in [0, 0.05) is 5.56 Å². The van der Waals surface area contributed by atoms with Crippen molar-refractivity contribution in [1.29, 1.82) is 0 Å². The molecule has 1 aliphatic heterocycles. The number of rotatable bonds is 0. The minimum absolute atomic E-state index is 0.499. The van der Waals surface area contributed by atoms with Gasteiger partial charge in [0.2, 0.25) is 0 Å². The number of fused-ring (bicyclic) bond motifs is 2. The number of hydrogen-bond acceptors (Lipinski definition) is 2. The second-order valence-electron chi connectivity index (χ2n) is 3.91. The number of hydrogen-bond donors (Lipinski definition) is 1. The zero-order valence-corrected chi connectivity index (χ0v) is 9.48. The van der Waals surface area contributed by atoms with E-state index in [0.29, 0.717) is 17.5 Å². The molecule has 0 saturated carbocycles. The molecule has 16 heavy (non-hydrogen) atoms. The van der Waals surface area contributed by atoms with Gasteiger partial charge in [0.1, 0.15) is 5.75 Å². The molecule has 3 nitrogen and oxygen atoms in total. The molecular weight excluding hydrogens is 223 g/mol. The van der Waals surface area contributed by atoms with Crippen molar-refractivity contribution in [2.24, 2.45) is 0 Å². The van der Waals surface area contributed by atoms with Crippen LogP contribution in [0.3, 0.4) is 0 Å². The molecule has 2 aliphatic rings. The van der Waals surface area contributed by atoms with Crippen molar-refractivity contribution in [3.8, 4) is 5.75 Å². The summed E-state index contributed by atoms with van der Waals surface area (Å²) in [7, 11) is -3.62. The molecule has 0 radical (unpaired) electrons. The second-order valence-corrected chi connectivity index (χ2v) is 5.67. The van der Waals surface area contributed by atoms with Crippen molar-refractivity contribution in [2.45, 2.75) is 12.8 Å². The molecule has 4 heteroatoms. The number of allylic oxidation sites excluding steroid dienone is 4. The number of benzene rings is 1. The first-order valence-electron chi connectivity index (χ1n) is 5.20. The Morgan fingerprint density at radius 1 is 1.31 bits per heavy atom. The van der Waals surface area contributed by atoms with Gasteiger partial charge >= 0.3 is 7.60 Å². The number of para-hydroxylation sites is 1. The van der Waals surface area contributed by atoms with E-state index < -0.39 is 7.60 Å². The second kappa shape index (κ2) is 3.34. The van der Waals surface area contributed by atoms with E-state index in [9.17, 15) is 9.46 Å². The lowest BCUT2D eigenvalue weighted by atomic mass is 9.98. The minimum Gasteiger partial charge on any atom is -0.421 e. The van der Waals surface area contributed by atoms with Gasteiger partial charge in [-0.25, -0.2) is 4.57 Å². The van der Waals surface area contributed by atoms with Crippen LogP contribution in [-0.2, 0) is 4.57 Å². The van der Waals surface area contributed by atoms with E-state index in [1.165, 1.54) is 0 Å². The first-order chi connectivity index (χ1) is 7.68. The van der Waals surface area contributed by atoms with E-state index in [4.69, 9.17) is 4.52 Å². The van der Waals surface area contributed by atoms with E-state index >= 15 is 0 Å². The molecule has 0 spiro atoms. The maximum atomic E-state index is 12.0. The fraction of sp³-hybridized carbons (Fsp3) is 0.167. The molecule has 0 fully saturated rings. The van der Waals surface area contributed by atoms with Gasteiger partial charge in [-0.05, 0) is 24.5 Å². The monoisotopic (exact) mass is 234 g/mol. The largest absolute Gasteiger partial charge is 0.421 e. The van der Waals surface area contributed by atoms with Crippen LogP contribution in [-0.4, -0.2) is 4.89 Å². The lowest BCUT2D eigenvalue weighted by Crippen LogP contribution is -2.07. The maximum Gasteiger partial charge on any atom is 0.404 e. The van der Waals surface area contributed by atoms with Gasteiger partial charge in [-0.2, -0.15) is 0 Å². The van der Waals surface area contributed by atoms with Gasteiger partial charge in [-0.1, -0.05) is 30.4 Å².